The summed E-state index contributed by atoms with van der Waals surface area (Å²) in [6.45, 7) is 2.14. The maximum Gasteiger partial charge on any atom is 0.315 e. The summed E-state index contributed by atoms with van der Waals surface area (Å²) in [6, 6.07) is 10.4. The van der Waals surface area contributed by atoms with E-state index >= 15 is 0 Å². The zero-order chi connectivity index (χ0) is 17.4. The second-order valence-electron chi connectivity index (χ2n) is 5.20. The molecule has 0 aliphatic heterocycles. The van der Waals surface area contributed by atoms with Gasteiger partial charge in [0.1, 0.15) is 11.5 Å². The van der Waals surface area contributed by atoms with Gasteiger partial charge in [-0.05, 0) is 24.6 Å². The minimum atomic E-state index is -0.578. The van der Waals surface area contributed by atoms with Crippen molar-refractivity contribution < 1.29 is 19.4 Å². The first-order valence-corrected chi connectivity index (χ1v) is 7.53. The number of hydrogen-bond donors (Lipinski definition) is 3. The highest BCUT2D eigenvalue weighted by Gasteiger charge is 2.04. The van der Waals surface area contributed by atoms with Crippen molar-refractivity contribution in [1.82, 2.24) is 15.6 Å². The van der Waals surface area contributed by atoms with Crippen molar-refractivity contribution in [2.24, 2.45) is 0 Å². The van der Waals surface area contributed by atoms with E-state index in [4.69, 9.17) is 14.6 Å². The molecular weight excluding hydrogens is 310 g/mol. The van der Waals surface area contributed by atoms with Crippen LogP contribution in [-0.4, -0.2) is 35.9 Å². The van der Waals surface area contributed by atoms with Gasteiger partial charge in [-0.3, -0.25) is 0 Å². The number of amides is 2. The summed E-state index contributed by atoms with van der Waals surface area (Å²) < 4.78 is 10.8. The summed E-state index contributed by atoms with van der Waals surface area (Å²) in [5.74, 6) is 1.78. The van der Waals surface area contributed by atoms with Crippen molar-refractivity contribution in [2.45, 2.75) is 19.6 Å². The minimum absolute atomic E-state index is 0.206. The van der Waals surface area contributed by atoms with Crippen LogP contribution in [0, 0.1) is 0 Å². The average Bonchev–Trinajstić information content (AvgIpc) is 2.59. The van der Waals surface area contributed by atoms with Crippen LogP contribution in [0.5, 0.6) is 17.4 Å². The molecule has 0 saturated heterocycles. The standard InChI is InChI=1S/C17H21N3O4/c1-12(21)9-19-17(22)20-11-13-6-7-16(18-10-13)24-15-5-3-4-14(8-15)23-2/h3-8,10,12,21H,9,11H2,1-2H3,(H2,19,20,22)/t12-/m0/s1. The van der Waals surface area contributed by atoms with Crippen molar-refractivity contribution in [1.29, 1.82) is 0 Å². The summed E-state index contributed by atoms with van der Waals surface area (Å²) in [6.07, 6.45) is 1.05. The van der Waals surface area contributed by atoms with Crippen molar-refractivity contribution in [3.63, 3.8) is 0 Å². The van der Waals surface area contributed by atoms with Gasteiger partial charge < -0.3 is 25.2 Å². The molecule has 0 aliphatic rings. The number of rotatable bonds is 7. The lowest BCUT2D eigenvalue weighted by atomic mass is 10.3. The van der Waals surface area contributed by atoms with E-state index in [2.05, 4.69) is 15.6 Å². The Hall–Kier alpha value is -2.80. The van der Waals surface area contributed by atoms with Crippen LogP contribution in [0.25, 0.3) is 0 Å². The van der Waals surface area contributed by atoms with Gasteiger partial charge in [-0.25, -0.2) is 9.78 Å². The Bertz CT molecular complexity index is 659. The highest BCUT2D eigenvalue weighted by Crippen LogP contribution is 2.23. The fourth-order valence-corrected chi connectivity index (χ4v) is 1.85. The molecule has 2 amide bonds. The first kappa shape index (κ1) is 17.6. The number of nitrogens with zero attached hydrogens (tertiary/aromatic N) is 1. The number of aliphatic hydroxyl groups excluding tert-OH is 1. The summed E-state index contributed by atoms with van der Waals surface area (Å²) in [7, 11) is 1.59. The average molecular weight is 331 g/mol. The molecule has 0 spiro atoms. The fourth-order valence-electron chi connectivity index (χ4n) is 1.85. The third-order valence-electron chi connectivity index (χ3n) is 3.07. The molecule has 1 aromatic heterocycles. The monoisotopic (exact) mass is 331 g/mol. The van der Waals surface area contributed by atoms with Crippen LogP contribution in [0.3, 0.4) is 0 Å². The predicted molar refractivity (Wildman–Crippen MR) is 89.2 cm³/mol. The van der Waals surface area contributed by atoms with E-state index in [1.165, 1.54) is 0 Å². The smallest absolute Gasteiger partial charge is 0.315 e. The fraction of sp³-hybridized carbons (Fsp3) is 0.294. The molecule has 2 aromatic rings. The van der Waals surface area contributed by atoms with Gasteiger partial charge in [-0.1, -0.05) is 12.1 Å². The molecule has 0 bridgehead atoms. The third-order valence-corrected chi connectivity index (χ3v) is 3.07. The second-order valence-corrected chi connectivity index (χ2v) is 5.20. The Labute approximate surface area is 140 Å². The SMILES string of the molecule is COc1cccc(Oc2ccc(CNC(=O)NC[C@H](C)O)cn2)c1. The molecule has 0 unspecified atom stereocenters. The van der Waals surface area contributed by atoms with E-state index in [9.17, 15) is 4.79 Å². The number of methoxy groups -OCH3 is 1. The summed E-state index contributed by atoms with van der Waals surface area (Å²) >= 11 is 0. The summed E-state index contributed by atoms with van der Waals surface area (Å²) in [5.41, 5.74) is 0.834. The minimum Gasteiger partial charge on any atom is -0.497 e. The molecule has 1 aromatic carbocycles. The largest absolute Gasteiger partial charge is 0.497 e. The van der Waals surface area contributed by atoms with Crippen LogP contribution in [0.1, 0.15) is 12.5 Å². The molecule has 24 heavy (non-hydrogen) atoms. The molecule has 0 fully saturated rings. The van der Waals surface area contributed by atoms with Crippen molar-refractivity contribution in [3.05, 3.63) is 48.2 Å². The number of pyridine rings is 1. The number of ether oxygens (including phenoxy) is 2. The van der Waals surface area contributed by atoms with Crippen molar-refractivity contribution >= 4 is 6.03 Å². The van der Waals surface area contributed by atoms with Crippen LogP contribution >= 0.6 is 0 Å². The van der Waals surface area contributed by atoms with Gasteiger partial charge in [0.2, 0.25) is 5.88 Å². The van der Waals surface area contributed by atoms with E-state index in [0.29, 0.717) is 23.9 Å². The molecule has 128 valence electrons. The molecule has 3 N–H and O–H groups in total. The highest BCUT2D eigenvalue weighted by atomic mass is 16.5. The number of aromatic nitrogens is 1. The molecule has 7 heteroatoms. The zero-order valence-corrected chi connectivity index (χ0v) is 13.7. The number of urea groups is 1. The highest BCUT2D eigenvalue weighted by molar-refractivity contribution is 5.73. The predicted octanol–water partition coefficient (Wildman–Crippen LogP) is 2.06. The Kier molecular flexibility index (Phi) is 6.39. The molecular formula is C17H21N3O4. The summed E-state index contributed by atoms with van der Waals surface area (Å²) in [5, 5.41) is 14.3. The Morgan fingerprint density at radius 2 is 2.04 bits per heavy atom. The topological polar surface area (TPSA) is 92.7 Å². The molecule has 0 aliphatic carbocycles. The number of aliphatic hydroxyl groups is 1. The number of nitrogens with one attached hydrogen (secondary N) is 2. The Morgan fingerprint density at radius 1 is 1.25 bits per heavy atom. The van der Waals surface area contributed by atoms with E-state index in [1.54, 1.807) is 32.4 Å². The quantitative estimate of drug-likeness (QED) is 0.722. The first-order valence-electron chi connectivity index (χ1n) is 7.53. The normalized spacial score (nSPS) is 11.5. The second kappa shape index (κ2) is 8.73. The number of benzene rings is 1. The van der Waals surface area contributed by atoms with E-state index in [-0.39, 0.29) is 12.6 Å². The number of hydrogen-bond acceptors (Lipinski definition) is 5. The molecule has 0 radical (unpaired) electrons. The third kappa shape index (κ3) is 5.77. The van der Waals surface area contributed by atoms with E-state index < -0.39 is 6.10 Å². The number of carbonyl (C=O) groups excluding carboxylic acids is 1. The van der Waals surface area contributed by atoms with Crippen molar-refractivity contribution in [2.75, 3.05) is 13.7 Å². The Balaban J connectivity index is 1.85. The zero-order valence-electron chi connectivity index (χ0n) is 13.7. The molecule has 2 rings (SSSR count). The van der Waals surface area contributed by atoms with Gasteiger partial charge in [0.05, 0.1) is 13.2 Å². The molecule has 1 atom stereocenters. The van der Waals surface area contributed by atoms with Gasteiger partial charge in [-0.2, -0.15) is 0 Å². The number of carbonyl (C=O) groups is 1. The van der Waals surface area contributed by atoms with Crippen LogP contribution in [-0.2, 0) is 6.54 Å². The van der Waals surface area contributed by atoms with Gasteiger partial charge in [-0.15, -0.1) is 0 Å². The molecule has 0 saturated carbocycles. The van der Waals surface area contributed by atoms with E-state index in [1.807, 2.05) is 24.3 Å². The van der Waals surface area contributed by atoms with Gasteiger partial charge in [0.25, 0.3) is 0 Å². The Morgan fingerprint density at radius 3 is 2.71 bits per heavy atom. The molecule has 7 nitrogen and oxygen atoms in total. The van der Waals surface area contributed by atoms with Crippen molar-refractivity contribution in [3.8, 4) is 17.4 Å². The maximum atomic E-state index is 11.5. The van der Waals surface area contributed by atoms with Gasteiger partial charge in [0, 0.05) is 31.4 Å². The van der Waals surface area contributed by atoms with Crippen LogP contribution in [0.4, 0.5) is 4.79 Å². The van der Waals surface area contributed by atoms with Gasteiger partial charge in [0.15, 0.2) is 0 Å². The molecule has 1 heterocycles. The first-order chi connectivity index (χ1) is 11.6. The van der Waals surface area contributed by atoms with E-state index in [0.717, 1.165) is 5.56 Å². The lowest BCUT2D eigenvalue weighted by molar-refractivity contribution is 0.187. The lowest BCUT2D eigenvalue weighted by Gasteiger charge is -2.09. The van der Waals surface area contributed by atoms with Crippen LogP contribution in [0.2, 0.25) is 0 Å². The van der Waals surface area contributed by atoms with Crippen LogP contribution < -0.4 is 20.1 Å². The van der Waals surface area contributed by atoms with Crippen LogP contribution in [0.15, 0.2) is 42.6 Å². The maximum absolute atomic E-state index is 11.5. The summed E-state index contributed by atoms with van der Waals surface area (Å²) in [4.78, 5) is 15.7. The lowest BCUT2D eigenvalue weighted by Crippen LogP contribution is -2.38. The van der Waals surface area contributed by atoms with Gasteiger partial charge >= 0.3 is 6.03 Å².